The summed E-state index contributed by atoms with van der Waals surface area (Å²) in [5.74, 6) is 0. The average molecular weight is 398 g/mol. The molecule has 1 heterocycles. The Morgan fingerprint density at radius 3 is 2.18 bits per heavy atom. The normalized spacial score (nSPS) is 12.7. The van der Waals surface area contributed by atoms with Crippen molar-refractivity contribution in [1.82, 2.24) is 4.98 Å². The number of benzene rings is 1. The molecule has 2 aromatic rings. The van der Waals surface area contributed by atoms with E-state index in [1.54, 1.807) is 0 Å². The molecule has 0 amide bonds. The van der Waals surface area contributed by atoms with E-state index in [2.05, 4.69) is 58.5 Å². The summed E-state index contributed by atoms with van der Waals surface area (Å²) in [6, 6.07) is 10.4. The number of allylic oxidation sites excluding steroid dienone is 3. The Morgan fingerprint density at radius 1 is 1.00 bits per heavy atom. The predicted octanol–water partition coefficient (Wildman–Crippen LogP) is 8.92. The van der Waals surface area contributed by atoms with Crippen molar-refractivity contribution < 1.29 is 0 Å². The van der Waals surface area contributed by atoms with Crippen LogP contribution in [0.25, 0.3) is 16.7 Å². The third-order valence-corrected chi connectivity index (χ3v) is 4.79. The van der Waals surface area contributed by atoms with Crippen LogP contribution in [0.15, 0.2) is 36.9 Å². The van der Waals surface area contributed by atoms with Gasteiger partial charge in [-0.25, -0.2) is 4.98 Å². The lowest BCUT2D eigenvalue weighted by Crippen LogP contribution is -1.97. The van der Waals surface area contributed by atoms with E-state index < -0.39 is 0 Å². The van der Waals surface area contributed by atoms with Gasteiger partial charge in [-0.2, -0.15) is 0 Å². The number of rotatable bonds is 3. The Hall–Kier alpha value is -1.86. The molecule has 152 valence electrons. The SMILES string of the molecule is C=C(C)c1nc(C2=C(c3cc(Cl)ccc3C)CCC2)ccc1C.CC.CCC. The number of hydrogen-bond donors (Lipinski definition) is 0. The molecule has 0 saturated heterocycles. The Balaban J connectivity index is 0.000000717. The number of halogens is 1. The first kappa shape index (κ1) is 24.2. The molecule has 0 N–H and O–H groups in total. The lowest BCUT2D eigenvalue weighted by molar-refractivity contribution is 0.937. The van der Waals surface area contributed by atoms with Gasteiger partial charge in [0.25, 0.3) is 0 Å². The summed E-state index contributed by atoms with van der Waals surface area (Å²) in [6.45, 7) is 18.6. The van der Waals surface area contributed by atoms with E-state index in [1.165, 1.54) is 40.7 Å². The van der Waals surface area contributed by atoms with Gasteiger partial charge in [-0.3, -0.25) is 0 Å². The molecule has 0 fully saturated rings. The van der Waals surface area contributed by atoms with Crippen LogP contribution in [0.2, 0.25) is 5.02 Å². The van der Waals surface area contributed by atoms with Gasteiger partial charge in [0.05, 0.1) is 11.4 Å². The van der Waals surface area contributed by atoms with Crippen LogP contribution < -0.4 is 0 Å². The third-order valence-electron chi connectivity index (χ3n) is 4.55. The van der Waals surface area contributed by atoms with Gasteiger partial charge >= 0.3 is 0 Å². The van der Waals surface area contributed by atoms with E-state index in [0.717, 1.165) is 34.8 Å². The van der Waals surface area contributed by atoms with E-state index in [9.17, 15) is 0 Å². The van der Waals surface area contributed by atoms with Gasteiger partial charge in [-0.05, 0) is 91.6 Å². The molecule has 0 aliphatic heterocycles. The molecule has 0 bridgehead atoms. The molecule has 0 spiro atoms. The molecule has 1 aliphatic carbocycles. The fourth-order valence-electron chi connectivity index (χ4n) is 3.37. The lowest BCUT2D eigenvalue weighted by Gasteiger charge is -2.13. The summed E-state index contributed by atoms with van der Waals surface area (Å²) in [6.07, 6.45) is 4.59. The fraction of sp³-hybridized carbons (Fsp3) is 0.423. The zero-order valence-electron chi connectivity index (χ0n) is 18.7. The molecule has 2 heteroatoms. The highest BCUT2D eigenvalue weighted by molar-refractivity contribution is 6.30. The lowest BCUT2D eigenvalue weighted by atomic mass is 9.95. The molecule has 1 aliphatic rings. The molecule has 0 saturated carbocycles. The molecule has 0 unspecified atom stereocenters. The molecular formula is C26H36ClN. The van der Waals surface area contributed by atoms with Gasteiger partial charge < -0.3 is 0 Å². The van der Waals surface area contributed by atoms with Crippen molar-refractivity contribution in [2.24, 2.45) is 0 Å². The third kappa shape index (κ3) is 6.07. The first-order valence-corrected chi connectivity index (χ1v) is 10.9. The summed E-state index contributed by atoms with van der Waals surface area (Å²) in [7, 11) is 0. The summed E-state index contributed by atoms with van der Waals surface area (Å²) < 4.78 is 0. The van der Waals surface area contributed by atoms with Crippen LogP contribution >= 0.6 is 11.6 Å². The van der Waals surface area contributed by atoms with Crippen LogP contribution in [0.4, 0.5) is 0 Å². The van der Waals surface area contributed by atoms with Crippen LogP contribution in [0, 0.1) is 13.8 Å². The van der Waals surface area contributed by atoms with E-state index in [0.29, 0.717) is 0 Å². The highest BCUT2D eigenvalue weighted by Gasteiger charge is 2.20. The quantitative estimate of drug-likeness (QED) is 0.503. The fourth-order valence-corrected chi connectivity index (χ4v) is 3.54. The number of nitrogens with zero attached hydrogens (tertiary/aromatic N) is 1. The number of pyridine rings is 1. The topological polar surface area (TPSA) is 12.9 Å². The van der Waals surface area contributed by atoms with Gasteiger partial charge in [0, 0.05) is 5.02 Å². The minimum atomic E-state index is 0.795. The van der Waals surface area contributed by atoms with Crippen LogP contribution in [0.3, 0.4) is 0 Å². The zero-order valence-corrected chi connectivity index (χ0v) is 19.5. The minimum Gasteiger partial charge on any atom is -0.248 e. The Labute approximate surface area is 177 Å². The van der Waals surface area contributed by atoms with Gasteiger partial charge in [-0.15, -0.1) is 0 Å². The molecule has 1 aromatic carbocycles. The van der Waals surface area contributed by atoms with Gasteiger partial charge in [0.2, 0.25) is 0 Å². The van der Waals surface area contributed by atoms with Crippen molar-refractivity contribution >= 4 is 28.3 Å². The van der Waals surface area contributed by atoms with Crippen LogP contribution in [-0.4, -0.2) is 4.98 Å². The van der Waals surface area contributed by atoms with Crippen LogP contribution in [-0.2, 0) is 0 Å². The number of aromatic nitrogens is 1. The Kier molecular flexibility index (Phi) is 10.2. The van der Waals surface area contributed by atoms with E-state index >= 15 is 0 Å². The van der Waals surface area contributed by atoms with Gasteiger partial charge in [-0.1, -0.05) is 64.4 Å². The highest BCUT2D eigenvalue weighted by Crippen LogP contribution is 2.41. The van der Waals surface area contributed by atoms with E-state index in [1.807, 2.05) is 26.8 Å². The number of hydrogen-bond acceptors (Lipinski definition) is 1. The highest BCUT2D eigenvalue weighted by atomic mass is 35.5. The minimum absolute atomic E-state index is 0.795. The summed E-state index contributed by atoms with van der Waals surface area (Å²) in [4.78, 5) is 4.89. The molecular weight excluding hydrogens is 362 g/mol. The summed E-state index contributed by atoms with van der Waals surface area (Å²) in [5.41, 5.74) is 9.60. The monoisotopic (exact) mass is 397 g/mol. The average Bonchev–Trinajstić information content (AvgIpc) is 3.15. The maximum atomic E-state index is 6.23. The molecule has 1 aromatic heterocycles. The van der Waals surface area contributed by atoms with Crippen LogP contribution in [0.5, 0.6) is 0 Å². The summed E-state index contributed by atoms with van der Waals surface area (Å²) in [5, 5.41) is 0.795. The Morgan fingerprint density at radius 2 is 1.57 bits per heavy atom. The van der Waals surface area contributed by atoms with Crippen molar-refractivity contribution in [2.45, 2.75) is 74.1 Å². The standard InChI is InChI=1S/C21H22ClN.C3H8.C2H6/c1-13(2)21-15(4)9-11-20(23-21)18-7-5-6-17(18)19-12-16(22)10-8-14(19)3;1-3-2;1-2/h8-12H,1,5-7H2,2-4H3;3H2,1-2H3;1-2H3. The Bertz CT molecular complexity index is 830. The van der Waals surface area contributed by atoms with Crippen molar-refractivity contribution in [3.8, 4) is 0 Å². The smallest absolute Gasteiger partial charge is 0.0689 e. The van der Waals surface area contributed by atoms with Crippen molar-refractivity contribution in [2.75, 3.05) is 0 Å². The second-order valence-electron chi connectivity index (χ2n) is 7.12. The molecule has 1 nitrogen and oxygen atoms in total. The van der Waals surface area contributed by atoms with E-state index in [4.69, 9.17) is 16.6 Å². The molecule has 0 radical (unpaired) electrons. The van der Waals surface area contributed by atoms with Gasteiger partial charge in [0.15, 0.2) is 0 Å². The van der Waals surface area contributed by atoms with Crippen molar-refractivity contribution in [1.29, 1.82) is 0 Å². The van der Waals surface area contributed by atoms with Crippen molar-refractivity contribution in [3.05, 3.63) is 70.0 Å². The summed E-state index contributed by atoms with van der Waals surface area (Å²) >= 11 is 6.23. The van der Waals surface area contributed by atoms with E-state index in [-0.39, 0.29) is 0 Å². The zero-order chi connectivity index (χ0) is 21.3. The molecule has 0 atom stereocenters. The second kappa shape index (κ2) is 11.9. The maximum absolute atomic E-state index is 6.23. The maximum Gasteiger partial charge on any atom is 0.0689 e. The van der Waals surface area contributed by atoms with Gasteiger partial charge in [0.1, 0.15) is 0 Å². The largest absolute Gasteiger partial charge is 0.248 e. The first-order chi connectivity index (χ1) is 13.4. The van der Waals surface area contributed by atoms with Crippen LogP contribution in [0.1, 0.15) is 88.4 Å². The molecule has 3 rings (SSSR count). The predicted molar refractivity (Wildman–Crippen MR) is 128 cm³/mol. The molecule has 28 heavy (non-hydrogen) atoms. The number of aryl methyl sites for hydroxylation is 2. The van der Waals surface area contributed by atoms with Crippen molar-refractivity contribution in [3.63, 3.8) is 0 Å². The second-order valence-corrected chi connectivity index (χ2v) is 7.56. The first-order valence-electron chi connectivity index (χ1n) is 10.5.